The first-order chi connectivity index (χ1) is 9.61. The van der Waals surface area contributed by atoms with Crippen molar-refractivity contribution in [2.75, 3.05) is 5.73 Å². The minimum absolute atomic E-state index is 0.0140. The molecule has 1 aromatic heterocycles. The Kier molecular flexibility index (Phi) is 4.45. The molecule has 1 heterocycles. The number of anilines is 1. The molecular formula is C16H21N3O. The summed E-state index contributed by atoms with van der Waals surface area (Å²) in [4.78, 5) is 17.4. The number of aromatic amines is 1. The van der Waals surface area contributed by atoms with Gasteiger partial charge < -0.3 is 15.6 Å². The maximum absolute atomic E-state index is 12.6. The first kappa shape index (κ1) is 14.2. The van der Waals surface area contributed by atoms with Crippen LogP contribution in [0.15, 0.2) is 42.6 Å². The fourth-order valence-electron chi connectivity index (χ4n) is 2.12. The molecule has 0 aliphatic rings. The maximum atomic E-state index is 12.6. The normalized spacial score (nSPS) is 12.1. The zero-order chi connectivity index (χ0) is 14.5. The fraction of sp³-hybridized carbons (Fsp3) is 0.312. The van der Waals surface area contributed by atoms with E-state index in [1.807, 2.05) is 35.2 Å². The molecule has 0 fully saturated rings. The molecule has 0 radical (unpaired) electrons. The number of benzene rings is 1. The lowest BCUT2D eigenvalue weighted by atomic mass is 10.1. The summed E-state index contributed by atoms with van der Waals surface area (Å²) in [5.74, 6) is -0.0140. The standard InChI is InChI=1S/C16H21N3O/c1-3-12(2)19(11-13-7-5-4-6-8-13)16(20)15-9-14(17)10-18-15/h4-10,12,18H,3,11,17H2,1-2H3. The van der Waals surface area contributed by atoms with E-state index in [0.717, 1.165) is 12.0 Å². The van der Waals surface area contributed by atoms with Crippen LogP contribution in [0.3, 0.4) is 0 Å². The number of nitrogens with one attached hydrogen (secondary N) is 1. The van der Waals surface area contributed by atoms with Crippen molar-refractivity contribution in [2.24, 2.45) is 0 Å². The van der Waals surface area contributed by atoms with Crippen molar-refractivity contribution in [2.45, 2.75) is 32.9 Å². The van der Waals surface area contributed by atoms with Gasteiger partial charge in [0.25, 0.3) is 5.91 Å². The Morgan fingerprint density at radius 1 is 1.35 bits per heavy atom. The second-order valence-corrected chi connectivity index (χ2v) is 5.02. The van der Waals surface area contributed by atoms with Crippen molar-refractivity contribution >= 4 is 11.6 Å². The summed E-state index contributed by atoms with van der Waals surface area (Å²) in [5, 5.41) is 0. The Hall–Kier alpha value is -2.23. The van der Waals surface area contributed by atoms with E-state index in [2.05, 4.69) is 18.8 Å². The van der Waals surface area contributed by atoms with Crippen LogP contribution in [0, 0.1) is 0 Å². The van der Waals surface area contributed by atoms with Crippen LogP contribution in [-0.2, 0) is 6.54 Å². The summed E-state index contributed by atoms with van der Waals surface area (Å²) in [6.07, 6.45) is 2.55. The molecule has 1 aromatic carbocycles. The molecule has 0 aliphatic heterocycles. The first-order valence-corrected chi connectivity index (χ1v) is 6.90. The minimum atomic E-state index is -0.0140. The number of nitrogens with zero attached hydrogens (tertiary/aromatic N) is 1. The van der Waals surface area contributed by atoms with Crippen LogP contribution < -0.4 is 5.73 Å². The van der Waals surface area contributed by atoms with E-state index in [0.29, 0.717) is 17.9 Å². The van der Waals surface area contributed by atoms with Gasteiger partial charge >= 0.3 is 0 Å². The number of nitrogens with two attached hydrogens (primary N) is 1. The van der Waals surface area contributed by atoms with Crippen molar-refractivity contribution in [3.63, 3.8) is 0 Å². The zero-order valence-corrected chi connectivity index (χ0v) is 12.0. The van der Waals surface area contributed by atoms with Crippen LogP contribution in [0.2, 0.25) is 0 Å². The van der Waals surface area contributed by atoms with Crippen LogP contribution in [0.4, 0.5) is 5.69 Å². The van der Waals surface area contributed by atoms with Gasteiger partial charge in [0.15, 0.2) is 0 Å². The lowest BCUT2D eigenvalue weighted by Crippen LogP contribution is -2.38. The number of hydrogen-bond acceptors (Lipinski definition) is 2. The Balaban J connectivity index is 2.21. The van der Waals surface area contributed by atoms with Crippen molar-refractivity contribution in [1.29, 1.82) is 0 Å². The van der Waals surface area contributed by atoms with Crippen LogP contribution >= 0.6 is 0 Å². The van der Waals surface area contributed by atoms with E-state index in [9.17, 15) is 4.79 Å². The van der Waals surface area contributed by atoms with Crippen molar-refractivity contribution in [3.05, 3.63) is 53.9 Å². The number of hydrogen-bond donors (Lipinski definition) is 2. The molecule has 0 spiro atoms. The average molecular weight is 271 g/mol. The molecular weight excluding hydrogens is 250 g/mol. The van der Waals surface area contributed by atoms with Crippen LogP contribution in [0.1, 0.15) is 36.3 Å². The van der Waals surface area contributed by atoms with Gasteiger partial charge in [-0.25, -0.2) is 0 Å². The second-order valence-electron chi connectivity index (χ2n) is 5.02. The Morgan fingerprint density at radius 2 is 2.05 bits per heavy atom. The molecule has 2 rings (SSSR count). The van der Waals surface area contributed by atoms with E-state index in [1.165, 1.54) is 0 Å². The smallest absolute Gasteiger partial charge is 0.270 e. The number of rotatable bonds is 5. The summed E-state index contributed by atoms with van der Waals surface area (Å²) in [6.45, 7) is 4.75. The van der Waals surface area contributed by atoms with Crippen molar-refractivity contribution in [3.8, 4) is 0 Å². The van der Waals surface area contributed by atoms with E-state index in [1.54, 1.807) is 12.3 Å². The molecule has 4 nitrogen and oxygen atoms in total. The molecule has 0 bridgehead atoms. The van der Waals surface area contributed by atoms with Gasteiger partial charge in [0.05, 0.1) is 0 Å². The van der Waals surface area contributed by atoms with E-state index in [-0.39, 0.29) is 11.9 Å². The SMILES string of the molecule is CCC(C)N(Cc1ccccc1)C(=O)c1cc(N)c[nH]1. The largest absolute Gasteiger partial charge is 0.397 e. The fourth-order valence-corrected chi connectivity index (χ4v) is 2.12. The van der Waals surface area contributed by atoms with Crippen molar-refractivity contribution in [1.82, 2.24) is 9.88 Å². The molecule has 20 heavy (non-hydrogen) atoms. The quantitative estimate of drug-likeness (QED) is 0.878. The second kappa shape index (κ2) is 6.28. The third-order valence-electron chi connectivity index (χ3n) is 3.52. The number of carbonyl (C=O) groups excluding carboxylic acids is 1. The van der Waals surface area contributed by atoms with Gasteiger partial charge in [0.2, 0.25) is 0 Å². The highest BCUT2D eigenvalue weighted by atomic mass is 16.2. The predicted molar refractivity (Wildman–Crippen MR) is 81.3 cm³/mol. The number of nitrogen functional groups attached to an aromatic ring is 1. The van der Waals surface area contributed by atoms with Crippen LogP contribution in [0.5, 0.6) is 0 Å². The third-order valence-corrected chi connectivity index (χ3v) is 3.52. The number of H-pyrrole nitrogens is 1. The zero-order valence-electron chi connectivity index (χ0n) is 12.0. The molecule has 3 N–H and O–H groups in total. The van der Waals surface area contributed by atoms with Crippen LogP contribution in [-0.4, -0.2) is 21.8 Å². The van der Waals surface area contributed by atoms with Gasteiger partial charge in [-0.2, -0.15) is 0 Å². The maximum Gasteiger partial charge on any atom is 0.270 e. The highest BCUT2D eigenvalue weighted by Gasteiger charge is 2.21. The molecule has 1 unspecified atom stereocenters. The minimum Gasteiger partial charge on any atom is -0.397 e. The predicted octanol–water partition coefficient (Wildman–Crippen LogP) is 3.04. The lowest BCUT2D eigenvalue weighted by Gasteiger charge is -2.28. The molecule has 4 heteroatoms. The Bertz CT molecular complexity index is 562. The van der Waals surface area contributed by atoms with Gasteiger partial charge in [-0.1, -0.05) is 37.3 Å². The molecule has 1 atom stereocenters. The summed E-state index contributed by atoms with van der Waals surface area (Å²) >= 11 is 0. The van der Waals surface area contributed by atoms with Gasteiger partial charge in [-0.15, -0.1) is 0 Å². The first-order valence-electron chi connectivity index (χ1n) is 6.90. The van der Waals surface area contributed by atoms with Crippen molar-refractivity contribution < 1.29 is 4.79 Å². The summed E-state index contributed by atoms with van der Waals surface area (Å²) in [5.41, 5.74) is 7.92. The van der Waals surface area contributed by atoms with Gasteiger partial charge in [-0.05, 0) is 25.0 Å². The average Bonchev–Trinajstić information content (AvgIpc) is 2.91. The molecule has 1 amide bonds. The van der Waals surface area contributed by atoms with E-state index in [4.69, 9.17) is 5.73 Å². The van der Waals surface area contributed by atoms with Crippen LogP contribution in [0.25, 0.3) is 0 Å². The van der Waals surface area contributed by atoms with E-state index < -0.39 is 0 Å². The number of amides is 1. The summed E-state index contributed by atoms with van der Waals surface area (Å²) in [7, 11) is 0. The van der Waals surface area contributed by atoms with Gasteiger partial charge in [0.1, 0.15) is 5.69 Å². The topological polar surface area (TPSA) is 62.1 Å². The monoisotopic (exact) mass is 271 g/mol. The lowest BCUT2D eigenvalue weighted by molar-refractivity contribution is 0.0666. The third kappa shape index (κ3) is 3.20. The molecule has 106 valence electrons. The Labute approximate surface area is 119 Å². The molecule has 0 aliphatic carbocycles. The Morgan fingerprint density at radius 3 is 2.60 bits per heavy atom. The van der Waals surface area contributed by atoms with E-state index >= 15 is 0 Å². The molecule has 2 aromatic rings. The highest BCUT2D eigenvalue weighted by molar-refractivity contribution is 5.93. The molecule has 0 saturated heterocycles. The summed E-state index contributed by atoms with van der Waals surface area (Å²) in [6, 6.07) is 11.9. The number of carbonyl (C=O) groups is 1. The number of aromatic nitrogens is 1. The van der Waals surface area contributed by atoms with Gasteiger partial charge in [0, 0.05) is 24.5 Å². The molecule has 0 saturated carbocycles. The van der Waals surface area contributed by atoms with Gasteiger partial charge in [-0.3, -0.25) is 4.79 Å². The highest BCUT2D eigenvalue weighted by Crippen LogP contribution is 2.16. The summed E-state index contributed by atoms with van der Waals surface area (Å²) < 4.78 is 0.